The number of methoxy groups -OCH3 is 1. The minimum absolute atomic E-state index is 0.224. The number of aryl methyl sites for hydroxylation is 2. The van der Waals surface area contributed by atoms with Gasteiger partial charge in [0.15, 0.2) is 0 Å². The smallest absolute Gasteiger partial charge is 0.339 e. The number of hydrogen-bond acceptors (Lipinski definition) is 4. The van der Waals surface area contributed by atoms with Crippen molar-refractivity contribution in [2.45, 2.75) is 30.6 Å². The molecule has 1 aliphatic rings. The summed E-state index contributed by atoms with van der Waals surface area (Å²) in [5, 5.41) is 0. The topological polar surface area (TPSA) is 52.6 Å². The summed E-state index contributed by atoms with van der Waals surface area (Å²) in [5.74, 6) is 0.326. The molecule has 0 radical (unpaired) electrons. The molecule has 0 aliphatic heterocycles. The SMILES string of the molecule is COCCc1ccc(OS(=O)(=O)c2ccc3c(c2)CCC3)cc1. The zero-order valence-corrected chi connectivity index (χ0v) is 13.9. The molecule has 0 heterocycles. The van der Waals surface area contributed by atoms with E-state index in [4.69, 9.17) is 8.92 Å². The molecule has 0 aromatic heterocycles. The highest BCUT2D eigenvalue weighted by Gasteiger charge is 2.20. The fourth-order valence-electron chi connectivity index (χ4n) is 2.81. The molecule has 2 aromatic rings. The second-order valence-electron chi connectivity index (χ2n) is 5.71. The zero-order chi connectivity index (χ0) is 16.3. The molecule has 0 saturated carbocycles. The van der Waals surface area contributed by atoms with Crippen LogP contribution in [0.3, 0.4) is 0 Å². The quantitative estimate of drug-likeness (QED) is 0.763. The van der Waals surface area contributed by atoms with Crippen molar-refractivity contribution in [3.8, 4) is 5.75 Å². The van der Waals surface area contributed by atoms with Gasteiger partial charge < -0.3 is 8.92 Å². The lowest BCUT2D eigenvalue weighted by molar-refractivity contribution is 0.202. The van der Waals surface area contributed by atoms with E-state index in [0.717, 1.165) is 36.8 Å². The average Bonchev–Trinajstić information content (AvgIpc) is 3.01. The second-order valence-corrected chi connectivity index (χ2v) is 7.25. The molecule has 5 heteroatoms. The van der Waals surface area contributed by atoms with Crippen molar-refractivity contribution < 1.29 is 17.3 Å². The average molecular weight is 332 g/mol. The summed E-state index contributed by atoms with van der Waals surface area (Å²) in [6.45, 7) is 0.633. The van der Waals surface area contributed by atoms with E-state index < -0.39 is 10.1 Å². The highest BCUT2D eigenvalue weighted by Crippen LogP contribution is 2.26. The molecular formula is C18H20O4S. The van der Waals surface area contributed by atoms with E-state index in [1.165, 1.54) is 5.56 Å². The van der Waals surface area contributed by atoms with Crippen LogP contribution < -0.4 is 4.18 Å². The lowest BCUT2D eigenvalue weighted by Crippen LogP contribution is -2.10. The van der Waals surface area contributed by atoms with Crippen molar-refractivity contribution in [2.75, 3.05) is 13.7 Å². The molecule has 0 spiro atoms. The van der Waals surface area contributed by atoms with Gasteiger partial charge in [0, 0.05) is 7.11 Å². The molecule has 0 unspecified atom stereocenters. The molecule has 4 nitrogen and oxygen atoms in total. The molecule has 1 aliphatic carbocycles. The molecule has 122 valence electrons. The lowest BCUT2D eigenvalue weighted by Gasteiger charge is -2.09. The normalized spacial score (nSPS) is 13.8. The van der Waals surface area contributed by atoms with Gasteiger partial charge in [0.05, 0.1) is 6.61 Å². The van der Waals surface area contributed by atoms with Gasteiger partial charge in [-0.15, -0.1) is 0 Å². The Morgan fingerprint density at radius 1 is 1.00 bits per heavy atom. The van der Waals surface area contributed by atoms with E-state index in [2.05, 4.69) is 0 Å². The van der Waals surface area contributed by atoms with Crippen LogP contribution in [0.1, 0.15) is 23.1 Å². The molecule has 0 bridgehead atoms. The van der Waals surface area contributed by atoms with Crippen LogP contribution in [0.5, 0.6) is 5.75 Å². The Kier molecular flexibility index (Phi) is 4.68. The number of ether oxygens (including phenoxy) is 1. The lowest BCUT2D eigenvalue weighted by atomic mass is 10.1. The monoisotopic (exact) mass is 332 g/mol. The first-order valence-electron chi connectivity index (χ1n) is 7.73. The number of rotatable bonds is 6. The summed E-state index contributed by atoms with van der Waals surface area (Å²) in [5.41, 5.74) is 3.44. The van der Waals surface area contributed by atoms with E-state index in [0.29, 0.717) is 12.4 Å². The van der Waals surface area contributed by atoms with Gasteiger partial charge in [-0.05, 0) is 66.6 Å². The second kappa shape index (κ2) is 6.72. The number of benzene rings is 2. The van der Waals surface area contributed by atoms with Gasteiger partial charge in [-0.2, -0.15) is 8.42 Å². The van der Waals surface area contributed by atoms with E-state index in [1.807, 2.05) is 18.2 Å². The maximum absolute atomic E-state index is 12.4. The van der Waals surface area contributed by atoms with E-state index in [-0.39, 0.29) is 4.90 Å². The highest BCUT2D eigenvalue weighted by molar-refractivity contribution is 7.87. The summed E-state index contributed by atoms with van der Waals surface area (Å²) < 4.78 is 35.1. The van der Waals surface area contributed by atoms with Crippen LogP contribution in [0, 0.1) is 0 Å². The Hall–Kier alpha value is -1.85. The molecule has 2 aromatic carbocycles. The van der Waals surface area contributed by atoms with E-state index in [9.17, 15) is 8.42 Å². The van der Waals surface area contributed by atoms with Crippen molar-refractivity contribution in [3.63, 3.8) is 0 Å². The first-order chi connectivity index (χ1) is 11.1. The summed E-state index contributed by atoms with van der Waals surface area (Å²) >= 11 is 0. The molecule has 0 saturated heterocycles. The molecule has 0 fully saturated rings. The van der Waals surface area contributed by atoms with Crippen LogP contribution in [-0.4, -0.2) is 22.1 Å². The largest absolute Gasteiger partial charge is 0.384 e. The van der Waals surface area contributed by atoms with Crippen molar-refractivity contribution in [1.29, 1.82) is 0 Å². The minimum Gasteiger partial charge on any atom is -0.384 e. The summed E-state index contributed by atoms with van der Waals surface area (Å²) in [6.07, 6.45) is 3.84. The van der Waals surface area contributed by atoms with Crippen LogP contribution in [0.4, 0.5) is 0 Å². The predicted octanol–water partition coefficient (Wildman–Crippen LogP) is 3.13. The minimum atomic E-state index is -3.79. The molecule has 0 amide bonds. The van der Waals surface area contributed by atoms with Crippen LogP contribution in [0.2, 0.25) is 0 Å². The third kappa shape index (κ3) is 3.74. The van der Waals surface area contributed by atoms with Crippen LogP contribution in [0.25, 0.3) is 0 Å². The van der Waals surface area contributed by atoms with Crippen molar-refractivity contribution in [3.05, 3.63) is 59.2 Å². The fraction of sp³-hybridized carbons (Fsp3) is 0.333. The number of fused-ring (bicyclic) bond motifs is 1. The molecule has 3 rings (SSSR count). The van der Waals surface area contributed by atoms with Gasteiger partial charge in [-0.25, -0.2) is 0 Å². The Morgan fingerprint density at radius 3 is 2.48 bits per heavy atom. The van der Waals surface area contributed by atoms with Crippen molar-refractivity contribution in [2.24, 2.45) is 0 Å². The van der Waals surface area contributed by atoms with Crippen LogP contribution >= 0.6 is 0 Å². The first-order valence-corrected chi connectivity index (χ1v) is 9.13. The Morgan fingerprint density at radius 2 is 1.74 bits per heavy atom. The summed E-state index contributed by atoms with van der Waals surface area (Å²) in [7, 11) is -2.14. The highest BCUT2D eigenvalue weighted by atomic mass is 32.2. The Balaban J connectivity index is 1.75. The molecular weight excluding hydrogens is 312 g/mol. The van der Waals surface area contributed by atoms with Gasteiger partial charge in [-0.3, -0.25) is 0 Å². The third-order valence-corrected chi connectivity index (χ3v) is 5.33. The van der Waals surface area contributed by atoms with Gasteiger partial charge in [0.1, 0.15) is 10.6 Å². The zero-order valence-electron chi connectivity index (χ0n) is 13.1. The van der Waals surface area contributed by atoms with E-state index in [1.54, 1.807) is 31.4 Å². The van der Waals surface area contributed by atoms with Crippen LogP contribution in [-0.2, 0) is 34.1 Å². The van der Waals surface area contributed by atoms with Gasteiger partial charge in [0.25, 0.3) is 0 Å². The van der Waals surface area contributed by atoms with Crippen molar-refractivity contribution in [1.82, 2.24) is 0 Å². The first kappa shape index (κ1) is 16.0. The predicted molar refractivity (Wildman–Crippen MR) is 88.3 cm³/mol. The van der Waals surface area contributed by atoms with E-state index >= 15 is 0 Å². The van der Waals surface area contributed by atoms with Crippen molar-refractivity contribution >= 4 is 10.1 Å². The summed E-state index contributed by atoms with van der Waals surface area (Å²) in [4.78, 5) is 0.224. The summed E-state index contributed by atoms with van der Waals surface area (Å²) in [6, 6.07) is 12.3. The standard InChI is InChI=1S/C18H20O4S/c1-21-12-11-14-5-8-17(9-6-14)22-23(19,20)18-10-7-15-3-2-4-16(15)13-18/h5-10,13H,2-4,11-12H2,1H3. The maximum atomic E-state index is 12.4. The fourth-order valence-corrected chi connectivity index (χ4v) is 3.79. The molecule has 23 heavy (non-hydrogen) atoms. The Bertz CT molecular complexity index is 779. The molecule has 0 atom stereocenters. The van der Waals surface area contributed by atoms with Gasteiger partial charge in [-0.1, -0.05) is 18.2 Å². The Labute approximate surface area is 137 Å². The van der Waals surface area contributed by atoms with Crippen LogP contribution in [0.15, 0.2) is 47.4 Å². The third-order valence-electron chi connectivity index (χ3n) is 4.08. The number of hydrogen-bond donors (Lipinski definition) is 0. The molecule has 0 N–H and O–H groups in total. The maximum Gasteiger partial charge on any atom is 0.339 e. The van der Waals surface area contributed by atoms with Gasteiger partial charge in [0.2, 0.25) is 0 Å². The van der Waals surface area contributed by atoms with Gasteiger partial charge >= 0.3 is 10.1 Å².